The molecule has 0 aliphatic carbocycles. The van der Waals surface area contributed by atoms with Gasteiger partial charge in [-0.3, -0.25) is 0 Å². The van der Waals surface area contributed by atoms with Gasteiger partial charge in [-0.05, 0) is 150 Å². The molecular weight excluding hydrogens is 769 g/mol. The van der Waals surface area contributed by atoms with Crippen LogP contribution in [0, 0.1) is 83.1 Å². The summed E-state index contributed by atoms with van der Waals surface area (Å²) < 4.78 is 16.1. The second kappa shape index (κ2) is 18.1. The van der Waals surface area contributed by atoms with E-state index in [2.05, 4.69) is 229 Å². The van der Waals surface area contributed by atoms with Crippen molar-refractivity contribution >= 4 is 36.4 Å². The van der Waals surface area contributed by atoms with Crippen LogP contribution in [0.15, 0.2) is 140 Å². The van der Waals surface area contributed by atoms with Crippen molar-refractivity contribution in [3.05, 3.63) is 240 Å². The van der Waals surface area contributed by atoms with Gasteiger partial charge < -0.3 is 8.85 Å². The third kappa shape index (κ3) is 8.92. The van der Waals surface area contributed by atoms with Crippen LogP contribution in [0.25, 0.3) is 22.7 Å². The van der Waals surface area contributed by atoms with E-state index >= 15 is 0 Å². The van der Waals surface area contributed by atoms with Crippen LogP contribution in [0.2, 0.25) is 6.55 Å². The Bertz CT molecular complexity index is 2460. The third-order valence-corrected chi connectivity index (χ3v) is 14.7. The highest BCUT2D eigenvalue weighted by atomic mass is 28.4. The van der Waals surface area contributed by atoms with Crippen LogP contribution in [-0.2, 0) is 8.85 Å². The molecule has 62 heavy (non-hydrogen) atoms. The minimum Gasteiger partial charge on any atom is -0.508 e. The van der Waals surface area contributed by atoms with Crippen molar-refractivity contribution in [3.63, 3.8) is 0 Å². The van der Waals surface area contributed by atoms with Gasteiger partial charge in [0.1, 0.15) is 11.5 Å². The van der Waals surface area contributed by atoms with E-state index in [4.69, 9.17) is 8.85 Å². The summed E-state index contributed by atoms with van der Waals surface area (Å²) in [4.78, 5) is 0. The Hall–Kier alpha value is -6.16. The fourth-order valence-electron chi connectivity index (χ4n) is 9.96. The lowest BCUT2D eigenvalue weighted by Crippen LogP contribution is -2.50. The lowest BCUT2D eigenvalue weighted by molar-refractivity contribution is 0.363. The molecule has 3 heteroatoms. The van der Waals surface area contributed by atoms with Gasteiger partial charge in [0, 0.05) is 34.0 Å². The van der Waals surface area contributed by atoms with Crippen LogP contribution in [0.1, 0.15) is 100 Å². The number of aryl methyl sites for hydroxylation is 12. The Balaban J connectivity index is 1.65. The first kappa shape index (κ1) is 43.9. The lowest BCUT2D eigenvalue weighted by atomic mass is 9.83. The molecule has 0 saturated heterocycles. The minimum absolute atomic E-state index is 0.813. The maximum absolute atomic E-state index is 8.06. The van der Waals surface area contributed by atoms with E-state index in [1.54, 1.807) is 0 Å². The second-order valence-corrected chi connectivity index (χ2v) is 20.6. The molecule has 0 unspecified atom stereocenters. The molecule has 0 aliphatic heterocycles. The van der Waals surface area contributed by atoms with Gasteiger partial charge in [0.15, 0.2) is 0 Å². The highest BCUT2D eigenvalue weighted by Crippen LogP contribution is 2.45. The highest BCUT2D eigenvalue weighted by Gasteiger charge is 2.43. The zero-order chi connectivity index (χ0) is 44.5. The van der Waals surface area contributed by atoms with Crippen molar-refractivity contribution in [1.29, 1.82) is 0 Å². The van der Waals surface area contributed by atoms with Crippen LogP contribution in [0.3, 0.4) is 0 Å². The fourth-order valence-corrected chi connectivity index (χ4v) is 12.3. The number of rotatable bonds is 11. The molecule has 0 heterocycles. The Labute approximate surface area is 372 Å². The number of benzene rings is 7. The molecule has 0 saturated carbocycles. The number of hydrogen-bond acceptors (Lipinski definition) is 2. The Kier molecular flexibility index (Phi) is 12.8. The SMILES string of the molecule is Cc1cc(C)c(C(=C(O[Si](C)(OC(=C(c2c(C)cc(C)cc2C)c2c(C)cc(C)cc2C)c2ccccc2)c2ccccc2)c2ccccc2)c2c(C)cc(C)cc2C)c(C)c1. The van der Waals surface area contributed by atoms with Crippen LogP contribution in [0.4, 0.5) is 0 Å². The largest absolute Gasteiger partial charge is 0.508 e. The molecule has 0 N–H and O–H groups in total. The van der Waals surface area contributed by atoms with Gasteiger partial charge >= 0.3 is 8.56 Å². The topological polar surface area (TPSA) is 18.5 Å². The summed E-state index contributed by atoms with van der Waals surface area (Å²) in [5.74, 6) is 1.63. The van der Waals surface area contributed by atoms with E-state index in [1.807, 2.05) is 0 Å². The highest BCUT2D eigenvalue weighted by molar-refractivity contribution is 6.81. The van der Waals surface area contributed by atoms with E-state index in [0.717, 1.165) is 39.0 Å². The van der Waals surface area contributed by atoms with Crippen LogP contribution in [0.5, 0.6) is 0 Å². The predicted octanol–water partition coefficient (Wildman–Crippen LogP) is 14.9. The molecule has 0 radical (unpaired) electrons. The van der Waals surface area contributed by atoms with E-state index in [1.165, 1.54) is 89.0 Å². The fraction of sp³-hybridized carbons (Fsp3) is 0.220. The molecule has 0 bridgehead atoms. The zero-order valence-electron chi connectivity index (χ0n) is 39.1. The normalized spacial score (nSPS) is 11.3. The monoisotopic (exact) mass is 830 g/mol. The van der Waals surface area contributed by atoms with Gasteiger partial charge in [-0.2, -0.15) is 0 Å². The zero-order valence-corrected chi connectivity index (χ0v) is 40.1. The molecular formula is C59H62O2Si. The van der Waals surface area contributed by atoms with E-state index in [0.29, 0.717) is 0 Å². The summed E-state index contributed by atoms with van der Waals surface area (Å²) in [6.07, 6.45) is 0. The van der Waals surface area contributed by atoms with Crippen molar-refractivity contribution in [1.82, 2.24) is 0 Å². The van der Waals surface area contributed by atoms with Crippen molar-refractivity contribution in [3.8, 4) is 0 Å². The van der Waals surface area contributed by atoms with Gasteiger partial charge in [0.2, 0.25) is 0 Å². The molecule has 314 valence electrons. The Morgan fingerprint density at radius 3 is 0.790 bits per heavy atom. The molecule has 0 aliphatic rings. The lowest BCUT2D eigenvalue weighted by Gasteiger charge is -2.35. The smallest absolute Gasteiger partial charge is 0.492 e. The molecule has 2 nitrogen and oxygen atoms in total. The Morgan fingerprint density at radius 2 is 0.548 bits per heavy atom. The van der Waals surface area contributed by atoms with E-state index in [-0.39, 0.29) is 0 Å². The van der Waals surface area contributed by atoms with Crippen molar-refractivity contribution in [2.75, 3.05) is 0 Å². The van der Waals surface area contributed by atoms with Gasteiger partial charge in [-0.25, -0.2) is 0 Å². The summed E-state index contributed by atoms with van der Waals surface area (Å²) >= 11 is 0. The van der Waals surface area contributed by atoms with Gasteiger partial charge in [0.05, 0.1) is 0 Å². The van der Waals surface area contributed by atoms with Crippen LogP contribution < -0.4 is 5.19 Å². The second-order valence-electron chi connectivity index (χ2n) is 17.8. The summed E-state index contributed by atoms with van der Waals surface area (Å²) in [5, 5.41) is 1.03. The summed E-state index contributed by atoms with van der Waals surface area (Å²) in [7, 11) is -3.57. The average molecular weight is 831 g/mol. The molecule has 0 amide bonds. The van der Waals surface area contributed by atoms with Crippen molar-refractivity contribution in [2.24, 2.45) is 0 Å². The molecule has 0 aromatic heterocycles. The summed E-state index contributed by atoms with van der Waals surface area (Å²) in [5.41, 5.74) is 23.5. The molecule has 7 rings (SSSR count). The van der Waals surface area contributed by atoms with E-state index < -0.39 is 8.56 Å². The molecule has 0 fully saturated rings. The first-order valence-electron chi connectivity index (χ1n) is 21.9. The minimum atomic E-state index is -3.57. The maximum Gasteiger partial charge on any atom is 0.492 e. The average Bonchev–Trinajstić information content (AvgIpc) is 3.20. The Morgan fingerprint density at radius 1 is 0.323 bits per heavy atom. The molecule has 0 spiro atoms. The summed E-state index contributed by atoms with van der Waals surface area (Å²) in [6.45, 7) is 28.9. The van der Waals surface area contributed by atoms with Gasteiger partial charge in [-0.1, -0.05) is 162 Å². The molecule has 7 aromatic carbocycles. The summed E-state index contributed by atoms with van der Waals surface area (Å²) in [6, 6.07) is 50.4. The van der Waals surface area contributed by atoms with Crippen LogP contribution >= 0.6 is 0 Å². The predicted molar refractivity (Wildman–Crippen MR) is 267 cm³/mol. The van der Waals surface area contributed by atoms with E-state index in [9.17, 15) is 0 Å². The van der Waals surface area contributed by atoms with Gasteiger partial charge in [0.25, 0.3) is 0 Å². The number of hydrogen-bond donors (Lipinski definition) is 0. The van der Waals surface area contributed by atoms with Crippen molar-refractivity contribution in [2.45, 2.75) is 89.6 Å². The standard InChI is InChI=1S/C59H62O2Si/c1-37-29-41(5)52(42(6)30-37)56(53-43(7)31-38(2)32-44(53)8)58(49-23-17-14-18-24-49)60-62(13,51-27-21-16-22-28-51)61-59(50-25-19-15-20-26-50)57(54-45(9)33-39(3)34-46(54)10)55-47(11)35-40(4)36-48(55)12/h14-36H,1-13H3. The van der Waals surface area contributed by atoms with Gasteiger partial charge in [-0.15, -0.1) is 0 Å². The molecule has 0 atom stereocenters. The maximum atomic E-state index is 8.06. The van der Waals surface area contributed by atoms with Crippen LogP contribution in [-0.4, -0.2) is 8.56 Å². The first-order valence-corrected chi connectivity index (χ1v) is 24.2. The first-order chi connectivity index (χ1) is 29.6. The quantitative estimate of drug-likeness (QED) is 0.0734. The van der Waals surface area contributed by atoms with Crippen molar-refractivity contribution < 1.29 is 8.85 Å². The molecule has 7 aromatic rings. The third-order valence-electron chi connectivity index (χ3n) is 12.1.